The summed E-state index contributed by atoms with van der Waals surface area (Å²) in [6.45, 7) is 3.91. The molecule has 0 aromatic heterocycles. The lowest BCUT2D eigenvalue weighted by molar-refractivity contribution is 1.03. The summed E-state index contributed by atoms with van der Waals surface area (Å²) < 4.78 is 0. The molecule has 0 unspecified atom stereocenters. The highest BCUT2D eigenvalue weighted by atomic mass is 35.5. The maximum atomic E-state index is 6.12. The Bertz CT molecular complexity index is 434. The molecule has 0 radical (unpaired) electrons. The first-order chi connectivity index (χ1) is 7.68. The second kappa shape index (κ2) is 5.07. The fourth-order valence-electron chi connectivity index (χ4n) is 1.94. The molecule has 0 nitrogen and oxygen atoms in total. The quantitative estimate of drug-likeness (QED) is 0.632. The molecule has 0 N–H and O–H groups in total. The lowest BCUT2D eigenvalue weighted by Gasteiger charge is -1.95. The van der Waals surface area contributed by atoms with E-state index in [9.17, 15) is 0 Å². The van der Waals surface area contributed by atoms with Crippen LogP contribution in [0.1, 0.15) is 25.7 Å². The Morgan fingerprint density at radius 1 is 1.19 bits per heavy atom. The van der Waals surface area contributed by atoms with E-state index in [0.717, 1.165) is 41.3 Å². The van der Waals surface area contributed by atoms with Crippen LogP contribution in [0.15, 0.2) is 57.7 Å². The second-order valence-corrected chi connectivity index (χ2v) is 4.87. The van der Waals surface area contributed by atoms with Gasteiger partial charge in [-0.15, -0.1) is 0 Å². The van der Waals surface area contributed by atoms with Crippen LogP contribution in [0.5, 0.6) is 0 Å². The van der Waals surface area contributed by atoms with E-state index in [0.29, 0.717) is 0 Å². The predicted molar refractivity (Wildman–Crippen MR) is 71.6 cm³/mol. The third-order valence-electron chi connectivity index (χ3n) is 2.93. The molecular weight excluding hydrogens is 239 g/mol. The zero-order chi connectivity index (χ0) is 11.5. The van der Waals surface area contributed by atoms with Gasteiger partial charge in [0.2, 0.25) is 0 Å². The van der Waals surface area contributed by atoms with Crippen molar-refractivity contribution >= 4 is 23.2 Å². The molecule has 0 aromatic rings. The Balaban J connectivity index is 2.06. The molecule has 0 atom stereocenters. The number of hydrogen-bond donors (Lipinski definition) is 0. The molecule has 0 fully saturated rings. The first-order valence-corrected chi connectivity index (χ1v) is 6.24. The van der Waals surface area contributed by atoms with Crippen LogP contribution in [0.25, 0.3) is 0 Å². The zero-order valence-electron chi connectivity index (χ0n) is 9.10. The molecule has 0 saturated carbocycles. The van der Waals surface area contributed by atoms with Crippen molar-refractivity contribution in [3.8, 4) is 0 Å². The van der Waals surface area contributed by atoms with Gasteiger partial charge in [-0.1, -0.05) is 54.1 Å². The lowest BCUT2D eigenvalue weighted by atomic mass is 10.2. The summed E-state index contributed by atoms with van der Waals surface area (Å²) in [5.74, 6) is 0. The Hall–Kier alpha value is -0.720. The molecule has 0 bridgehead atoms. The minimum atomic E-state index is 0.836. The van der Waals surface area contributed by atoms with Gasteiger partial charge in [0.1, 0.15) is 0 Å². The van der Waals surface area contributed by atoms with E-state index in [-0.39, 0.29) is 0 Å². The van der Waals surface area contributed by atoms with Gasteiger partial charge in [0.25, 0.3) is 0 Å². The van der Waals surface area contributed by atoms with Gasteiger partial charge in [0.05, 0.1) is 0 Å². The highest BCUT2D eigenvalue weighted by Crippen LogP contribution is 2.33. The third kappa shape index (κ3) is 2.50. The minimum absolute atomic E-state index is 0.836. The van der Waals surface area contributed by atoms with Crippen LogP contribution >= 0.6 is 23.2 Å². The maximum Gasteiger partial charge on any atom is 0.0464 e. The average Bonchev–Trinajstić information content (AvgIpc) is 2.80. The average molecular weight is 253 g/mol. The van der Waals surface area contributed by atoms with Crippen LogP contribution in [0.4, 0.5) is 0 Å². The van der Waals surface area contributed by atoms with E-state index in [1.807, 2.05) is 6.08 Å². The van der Waals surface area contributed by atoms with Crippen LogP contribution in [0.2, 0.25) is 0 Å². The van der Waals surface area contributed by atoms with E-state index in [4.69, 9.17) is 23.2 Å². The largest absolute Gasteiger partial charge is 0.0943 e. The van der Waals surface area contributed by atoms with Gasteiger partial charge in [-0.05, 0) is 42.4 Å². The fourth-order valence-corrected chi connectivity index (χ4v) is 2.46. The van der Waals surface area contributed by atoms with E-state index in [1.165, 1.54) is 11.1 Å². The van der Waals surface area contributed by atoms with E-state index in [1.54, 1.807) is 0 Å². The molecule has 16 heavy (non-hydrogen) atoms. The summed E-state index contributed by atoms with van der Waals surface area (Å²) in [6, 6.07) is 0. The van der Waals surface area contributed by atoms with Crippen LogP contribution in [0.3, 0.4) is 0 Å². The highest BCUT2D eigenvalue weighted by Gasteiger charge is 2.13. The van der Waals surface area contributed by atoms with Crippen LogP contribution in [0, 0.1) is 0 Å². The van der Waals surface area contributed by atoms with E-state index in [2.05, 4.69) is 24.8 Å². The van der Waals surface area contributed by atoms with Crippen molar-refractivity contribution < 1.29 is 0 Å². The minimum Gasteiger partial charge on any atom is -0.0943 e. The van der Waals surface area contributed by atoms with Crippen molar-refractivity contribution in [2.75, 3.05) is 0 Å². The number of hydrogen-bond acceptors (Lipinski definition) is 0. The molecule has 2 heteroatoms. The van der Waals surface area contributed by atoms with E-state index < -0.39 is 0 Å². The summed E-state index contributed by atoms with van der Waals surface area (Å²) in [5, 5.41) is 1.73. The van der Waals surface area contributed by atoms with Crippen molar-refractivity contribution in [3.05, 3.63) is 57.7 Å². The molecule has 0 amide bonds. The molecule has 2 aliphatic rings. The highest BCUT2D eigenvalue weighted by molar-refractivity contribution is 6.33. The molecule has 0 spiro atoms. The maximum absolute atomic E-state index is 6.12. The van der Waals surface area contributed by atoms with Gasteiger partial charge in [0, 0.05) is 10.1 Å². The van der Waals surface area contributed by atoms with Crippen LogP contribution < -0.4 is 0 Å². The summed E-state index contributed by atoms with van der Waals surface area (Å²) in [6.07, 6.45) is 12.3. The van der Waals surface area contributed by atoms with E-state index >= 15 is 0 Å². The fraction of sp³-hybridized carbons (Fsp3) is 0.286. The smallest absolute Gasteiger partial charge is 0.0464 e. The molecule has 0 aliphatic heterocycles. The Morgan fingerprint density at radius 2 is 2.00 bits per heavy atom. The van der Waals surface area contributed by atoms with Gasteiger partial charge < -0.3 is 0 Å². The Kier molecular flexibility index (Phi) is 3.73. The number of halogens is 2. The molecule has 84 valence electrons. The van der Waals surface area contributed by atoms with Gasteiger partial charge in [-0.2, -0.15) is 0 Å². The molecule has 2 rings (SSSR count). The third-order valence-corrected chi connectivity index (χ3v) is 3.83. The second-order valence-electron chi connectivity index (χ2n) is 4.08. The van der Waals surface area contributed by atoms with Crippen molar-refractivity contribution in [1.82, 2.24) is 0 Å². The monoisotopic (exact) mass is 252 g/mol. The summed E-state index contributed by atoms with van der Waals surface area (Å²) in [4.78, 5) is 0. The number of rotatable bonds is 2. The van der Waals surface area contributed by atoms with Crippen molar-refractivity contribution in [2.45, 2.75) is 25.7 Å². The molecule has 0 saturated heterocycles. The van der Waals surface area contributed by atoms with Gasteiger partial charge in [-0.25, -0.2) is 0 Å². The van der Waals surface area contributed by atoms with Crippen LogP contribution in [-0.4, -0.2) is 0 Å². The summed E-state index contributed by atoms with van der Waals surface area (Å²) in [5.41, 5.74) is 3.45. The van der Waals surface area contributed by atoms with Crippen molar-refractivity contribution in [3.63, 3.8) is 0 Å². The van der Waals surface area contributed by atoms with Crippen molar-refractivity contribution in [2.24, 2.45) is 0 Å². The van der Waals surface area contributed by atoms with Crippen LogP contribution in [-0.2, 0) is 0 Å². The Labute approximate surface area is 107 Å². The Morgan fingerprint density at radius 3 is 2.56 bits per heavy atom. The summed E-state index contributed by atoms with van der Waals surface area (Å²) in [7, 11) is 0. The standard InChI is InChI=1S/C14H14Cl2/c1-10-8-9-12(14(10)16)6-2-4-11-5-3-7-13(11)15/h2,4,6-7H,1,3,5,8-9H2/b6-2+,11-4+. The molecule has 0 heterocycles. The first-order valence-electron chi connectivity index (χ1n) is 5.48. The predicted octanol–water partition coefficient (Wildman–Crippen LogP) is 5.23. The topological polar surface area (TPSA) is 0 Å². The first kappa shape index (κ1) is 11.8. The number of allylic oxidation sites excluding steroid dienone is 9. The molecule has 0 aromatic carbocycles. The van der Waals surface area contributed by atoms with Gasteiger partial charge >= 0.3 is 0 Å². The van der Waals surface area contributed by atoms with Gasteiger partial charge in [-0.3, -0.25) is 0 Å². The zero-order valence-corrected chi connectivity index (χ0v) is 10.6. The lowest BCUT2D eigenvalue weighted by Crippen LogP contribution is -1.75. The summed E-state index contributed by atoms with van der Waals surface area (Å²) >= 11 is 12.2. The van der Waals surface area contributed by atoms with Crippen molar-refractivity contribution in [1.29, 1.82) is 0 Å². The SMILES string of the molecule is C=C1CCC(/C=C/C=C2\CCC=C2Cl)=C1Cl. The molecule has 2 aliphatic carbocycles. The normalized spacial score (nSPS) is 24.0. The molecular formula is C14H14Cl2. The van der Waals surface area contributed by atoms with Gasteiger partial charge in [0.15, 0.2) is 0 Å².